The molecule has 2 rings (SSSR count). The molecule has 1 heterocycles. The Balaban J connectivity index is 2.38. The summed E-state index contributed by atoms with van der Waals surface area (Å²) in [7, 11) is 1.39. The van der Waals surface area contributed by atoms with Crippen molar-refractivity contribution < 1.29 is 32.5 Å². The largest absolute Gasteiger partial charge is 0.586 e. The van der Waals surface area contributed by atoms with Gasteiger partial charge in [-0.3, -0.25) is 4.79 Å². The highest BCUT2D eigenvalue weighted by molar-refractivity contribution is 5.85. The summed E-state index contributed by atoms with van der Waals surface area (Å²) in [6.45, 7) is -0.114. The normalized spacial score (nSPS) is 15.7. The Labute approximate surface area is 94.8 Å². The van der Waals surface area contributed by atoms with E-state index in [4.69, 9.17) is 4.74 Å². The van der Waals surface area contributed by atoms with Crippen LogP contribution in [0.15, 0.2) is 12.1 Å². The van der Waals surface area contributed by atoms with Crippen molar-refractivity contribution in [3.05, 3.63) is 17.7 Å². The number of rotatable bonds is 4. The maximum Gasteiger partial charge on any atom is 0.586 e. The molecule has 1 aromatic carbocycles. The second-order valence-corrected chi connectivity index (χ2v) is 3.14. The maximum atomic E-state index is 12.8. The van der Waals surface area contributed by atoms with Crippen molar-refractivity contribution in [3.8, 4) is 17.2 Å². The third-order valence-corrected chi connectivity index (χ3v) is 2.02. The minimum atomic E-state index is -3.76. The van der Waals surface area contributed by atoms with E-state index in [9.17, 15) is 13.6 Å². The first-order valence-electron chi connectivity index (χ1n) is 4.57. The molecule has 0 aromatic heterocycles. The van der Waals surface area contributed by atoms with Gasteiger partial charge in [-0.15, -0.1) is 8.78 Å². The predicted molar refractivity (Wildman–Crippen MR) is 50.5 cm³/mol. The third-order valence-electron chi connectivity index (χ3n) is 2.02. The average molecular weight is 246 g/mol. The topological polar surface area (TPSA) is 54.0 Å². The molecule has 92 valence electrons. The summed E-state index contributed by atoms with van der Waals surface area (Å²) in [5.74, 6) is -0.456. The molecular formula is C10H8F2O5. The molecule has 5 nitrogen and oxygen atoms in total. The number of carbonyl (C=O) groups excluding carboxylic acids is 1. The first kappa shape index (κ1) is 11.6. The summed E-state index contributed by atoms with van der Waals surface area (Å²) in [4.78, 5) is 10.9. The lowest BCUT2D eigenvalue weighted by molar-refractivity contribution is -0.286. The molecule has 0 fully saturated rings. The predicted octanol–water partition coefficient (Wildman–Crippen LogP) is 1.80. The molecule has 0 spiro atoms. The molecule has 0 radical (unpaired) electrons. The number of ether oxygens (including phenoxy) is 4. The van der Waals surface area contributed by atoms with Crippen LogP contribution in [0.4, 0.5) is 8.78 Å². The zero-order valence-corrected chi connectivity index (χ0v) is 8.74. The van der Waals surface area contributed by atoms with Gasteiger partial charge in [-0.1, -0.05) is 0 Å². The van der Waals surface area contributed by atoms with E-state index in [0.717, 1.165) is 0 Å². The first-order chi connectivity index (χ1) is 8.07. The molecule has 0 N–H and O–H groups in total. The standard InChI is InChI=1S/C10H8F2O5/c1-14-5-15-7-2-3-8-9(6(7)4-13)17-10(11,12)16-8/h2-4H,5H2,1H3. The highest BCUT2D eigenvalue weighted by Crippen LogP contribution is 2.45. The van der Waals surface area contributed by atoms with Crippen molar-refractivity contribution in [1.82, 2.24) is 0 Å². The Morgan fingerprint density at radius 3 is 2.82 bits per heavy atom. The molecule has 0 atom stereocenters. The molecule has 7 heteroatoms. The Hall–Kier alpha value is -1.89. The summed E-state index contributed by atoms with van der Waals surface area (Å²) < 4.78 is 43.7. The molecule has 0 amide bonds. The molecule has 1 aromatic rings. The van der Waals surface area contributed by atoms with Gasteiger partial charge >= 0.3 is 6.29 Å². The van der Waals surface area contributed by atoms with Crippen molar-refractivity contribution >= 4 is 6.29 Å². The van der Waals surface area contributed by atoms with E-state index in [1.165, 1.54) is 19.2 Å². The SMILES string of the molecule is COCOc1ccc2c(c1C=O)OC(F)(F)O2. The summed E-state index contributed by atoms with van der Waals surface area (Å²) in [6.07, 6.45) is -3.41. The second-order valence-electron chi connectivity index (χ2n) is 3.14. The van der Waals surface area contributed by atoms with Gasteiger partial charge in [-0.25, -0.2) is 0 Å². The quantitative estimate of drug-likeness (QED) is 0.599. The van der Waals surface area contributed by atoms with Gasteiger partial charge in [0.05, 0.1) is 0 Å². The van der Waals surface area contributed by atoms with Crippen LogP contribution in [0, 0.1) is 0 Å². The lowest BCUT2D eigenvalue weighted by Gasteiger charge is -2.08. The molecular weight excluding hydrogens is 238 g/mol. The highest BCUT2D eigenvalue weighted by atomic mass is 19.3. The van der Waals surface area contributed by atoms with E-state index in [-0.39, 0.29) is 29.6 Å². The van der Waals surface area contributed by atoms with Gasteiger partial charge < -0.3 is 18.9 Å². The van der Waals surface area contributed by atoms with Crippen LogP contribution in [-0.4, -0.2) is 26.5 Å². The highest BCUT2D eigenvalue weighted by Gasteiger charge is 2.45. The average Bonchev–Trinajstić information content (AvgIpc) is 2.59. The van der Waals surface area contributed by atoms with Gasteiger partial charge in [0.25, 0.3) is 0 Å². The van der Waals surface area contributed by atoms with E-state index < -0.39 is 6.29 Å². The van der Waals surface area contributed by atoms with E-state index in [1.807, 2.05) is 0 Å². The van der Waals surface area contributed by atoms with Crippen molar-refractivity contribution in [2.45, 2.75) is 6.29 Å². The maximum absolute atomic E-state index is 12.8. The number of carbonyl (C=O) groups is 1. The molecule has 1 aliphatic rings. The third kappa shape index (κ3) is 2.14. The fourth-order valence-corrected chi connectivity index (χ4v) is 1.37. The lowest BCUT2D eigenvalue weighted by Crippen LogP contribution is -2.26. The van der Waals surface area contributed by atoms with Crippen molar-refractivity contribution in [2.24, 2.45) is 0 Å². The van der Waals surface area contributed by atoms with Gasteiger partial charge in [0.15, 0.2) is 24.6 Å². The number of hydrogen-bond acceptors (Lipinski definition) is 5. The Morgan fingerprint density at radius 1 is 1.41 bits per heavy atom. The van der Waals surface area contributed by atoms with Gasteiger partial charge in [0.1, 0.15) is 11.3 Å². The number of alkyl halides is 2. The van der Waals surface area contributed by atoms with Crippen LogP contribution in [-0.2, 0) is 4.74 Å². The zero-order valence-electron chi connectivity index (χ0n) is 8.74. The molecule has 0 bridgehead atoms. The van der Waals surface area contributed by atoms with Crippen LogP contribution >= 0.6 is 0 Å². The second kappa shape index (κ2) is 4.17. The molecule has 1 aliphatic heterocycles. The zero-order chi connectivity index (χ0) is 12.5. The van der Waals surface area contributed by atoms with Crippen LogP contribution in [0.5, 0.6) is 17.2 Å². The van der Waals surface area contributed by atoms with Crippen molar-refractivity contribution in [2.75, 3.05) is 13.9 Å². The minimum absolute atomic E-state index is 0.0851. The molecule has 0 saturated carbocycles. The fourth-order valence-electron chi connectivity index (χ4n) is 1.37. The summed E-state index contributed by atoms with van der Waals surface area (Å²) in [5, 5.41) is 0. The van der Waals surface area contributed by atoms with Crippen molar-refractivity contribution in [1.29, 1.82) is 0 Å². The Morgan fingerprint density at radius 2 is 2.18 bits per heavy atom. The molecule has 0 unspecified atom stereocenters. The van der Waals surface area contributed by atoms with Crippen LogP contribution in [0.3, 0.4) is 0 Å². The summed E-state index contributed by atoms with van der Waals surface area (Å²) >= 11 is 0. The molecule has 17 heavy (non-hydrogen) atoms. The van der Waals surface area contributed by atoms with Crippen LogP contribution in [0.2, 0.25) is 0 Å². The Bertz CT molecular complexity index is 447. The number of aldehydes is 1. The van der Waals surface area contributed by atoms with Crippen LogP contribution in [0.1, 0.15) is 10.4 Å². The summed E-state index contributed by atoms with van der Waals surface area (Å²) in [6, 6.07) is 2.56. The van der Waals surface area contributed by atoms with Crippen LogP contribution in [0.25, 0.3) is 0 Å². The smallest absolute Gasteiger partial charge is 0.467 e. The fraction of sp³-hybridized carbons (Fsp3) is 0.300. The Kier molecular flexibility index (Phi) is 2.84. The summed E-state index contributed by atoms with van der Waals surface area (Å²) in [5.41, 5.74) is -0.142. The molecule has 0 saturated heterocycles. The number of hydrogen-bond donors (Lipinski definition) is 0. The number of methoxy groups -OCH3 is 1. The van der Waals surface area contributed by atoms with Gasteiger partial charge in [-0.05, 0) is 12.1 Å². The minimum Gasteiger partial charge on any atom is -0.467 e. The number of halogens is 2. The molecule has 0 aliphatic carbocycles. The van der Waals surface area contributed by atoms with E-state index >= 15 is 0 Å². The van der Waals surface area contributed by atoms with E-state index in [0.29, 0.717) is 6.29 Å². The van der Waals surface area contributed by atoms with E-state index in [1.54, 1.807) is 0 Å². The number of benzene rings is 1. The lowest BCUT2D eigenvalue weighted by atomic mass is 10.2. The van der Waals surface area contributed by atoms with Crippen LogP contribution < -0.4 is 14.2 Å². The first-order valence-corrected chi connectivity index (χ1v) is 4.57. The van der Waals surface area contributed by atoms with Crippen molar-refractivity contribution in [3.63, 3.8) is 0 Å². The number of fused-ring (bicyclic) bond motifs is 1. The monoisotopic (exact) mass is 246 g/mol. The van der Waals surface area contributed by atoms with E-state index in [2.05, 4.69) is 14.2 Å². The van der Waals surface area contributed by atoms with Gasteiger partial charge in [0.2, 0.25) is 0 Å². The van der Waals surface area contributed by atoms with Gasteiger partial charge in [-0.2, -0.15) is 0 Å². The van der Waals surface area contributed by atoms with Gasteiger partial charge in [0, 0.05) is 7.11 Å².